The normalized spacial score (nSPS) is 10.2. The molecule has 64 valence electrons. The summed E-state index contributed by atoms with van der Waals surface area (Å²) in [5, 5.41) is 8.80. The van der Waals surface area contributed by atoms with Gasteiger partial charge < -0.3 is 4.98 Å². The molecule has 1 aromatic heterocycles. The molecule has 13 heavy (non-hydrogen) atoms. The number of fused-ring (bicyclic) bond motifs is 1. The lowest BCUT2D eigenvalue weighted by Crippen LogP contribution is -1.86. The standard InChI is InChI=1S/C9H6ClN3/c10-3-6-1-8-9(13-5-12-8)2-7(6)4-11/h1-2,5H,3H2,(H,12,13). The van der Waals surface area contributed by atoms with Gasteiger partial charge in [-0.1, -0.05) is 0 Å². The number of imidazole rings is 1. The maximum Gasteiger partial charge on any atom is 0.0995 e. The Labute approximate surface area is 80.0 Å². The molecule has 0 amide bonds. The van der Waals surface area contributed by atoms with Crippen LogP contribution >= 0.6 is 11.6 Å². The van der Waals surface area contributed by atoms with Gasteiger partial charge in [0.2, 0.25) is 0 Å². The summed E-state index contributed by atoms with van der Waals surface area (Å²) in [7, 11) is 0. The second-order valence-electron chi connectivity index (χ2n) is 2.67. The van der Waals surface area contributed by atoms with Crippen LogP contribution in [0.3, 0.4) is 0 Å². The Morgan fingerprint density at radius 3 is 3.08 bits per heavy atom. The van der Waals surface area contributed by atoms with Gasteiger partial charge in [-0.25, -0.2) is 4.98 Å². The van der Waals surface area contributed by atoms with Crippen LogP contribution in [0, 0.1) is 11.3 Å². The lowest BCUT2D eigenvalue weighted by Gasteiger charge is -1.98. The molecule has 0 fully saturated rings. The zero-order chi connectivity index (χ0) is 9.26. The number of benzene rings is 1. The maximum atomic E-state index is 8.80. The van der Waals surface area contributed by atoms with E-state index < -0.39 is 0 Å². The van der Waals surface area contributed by atoms with Crippen LogP contribution in [0.15, 0.2) is 18.5 Å². The highest BCUT2D eigenvalue weighted by Gasteiger charge is 2.04. The highest BCUT2D eigenvalue weighted by atomic mass is 35.5. The predicted molar refractivity (Wildman–Crippen MR) is 50.4 cm³/mol. The van der Waals surface area contributed by atoms with Crippen molar-refractivity contribution in [2.45, 2.75) is 5.88 Å². The summed E-state index contributed by atoms with van der Waals surface area (Å²) in [6, 6.07) is 5.68. The van der Waals surface area contributed by atoms with Gasteiger partial charge in [0.1, 0.15) is 0 Å². The summed E-state index contributed by atoms with van der Waals surface area (Å²) >= 11 is 5.69. The van der Waals surface area contributed by atoms with Gasteiger partial charge in [0.15, 0.2) is 0 Å². The second-order valence-corrected chi connectivity index (χ2v) is 2.94. The number of nitrogens with one attached hydrogen (secondary N) is 1. The highest BCUT2D eigenvalue weighted by Crippen LogP contribution is 2.17. The quantitative estimate of drug-likeness (QED) is 0.703. The summed E-state index contributed by atoms with van der Waals surface area (Å²) in [4.78, 5) is 7.02. The van der Waals surface area contributed by atoms with Crippen molar-refractivity contribution >= 4 is 22.6 Å². The van der Waals surface area contributed by atoms with Gasteiger partial charge >= 0.3 is 0 Å². The molecule has 0 aliphatic carbocycles. The lowest BCUT2D eigenvalue weighted by molar-refractivity contribution is 1.34. The molecule has 0 atom stereocenters. The van der Waals surface area contributed by atoms with E-state index in [0.29, 0.717) is 11.4 Å². The Morgan fingerprint density at radius 2 is 2.38 bits per heavy atom. The van der Waals surface area contributed by atoms with E-state index in [-0.39, 0.29) is 0 Å². The Balaban J connectivity index is 2.76. The molecule has 2 aromatic rings. The number of hydrogen-bond acceptors (Lipinski definition) is 2. The molecule has 2 rings (SSSR count). The molecule has 0 bridgehead atoms. The monoisotopic (exact) mass is 191 g/mol. The molecular formula is C9H6ClN3. The summed E-state index contributed by atoms with van der Waals surface area (Å²) < 4.78 is 0. The van der Waals surface area contributed by atoms with Crippen LogP contribution in [-0.4, -0.2) is 9.97 Å². The predicted octanol–water partition coefficient (Wildman–Crippen LogP) is 2.17. The van der Waals surface area contributed by atoms with Crippen LogP contribution in [0.2, 0.25) is 0 Å². The van der Waals surface area contributed by atoms with Crippen LogP contribution in [0.5, 0.6) is 0 Å². The van der Waals surface area contributed by atoms with Crippen LogP contribution in [0.25, 0.3) is 11.0 Å². The van der Waals surface area contributed by atoms with Gasteiger partial charge in [0, 0.05) is 5.88 Å². The molecule has 0 saturated heterocycles. The molecule has 4 heteroatoms. The van der Waals surface area contributed by atoms with Crippen molar-refractivity contribution in [1.29, 1.82) is 5.26 Å². The van der Waals surface area contributed by atoms with Crippen molar-refractivity contribution in [1.82, 2.24) is 9.97 Å². The van der Waals surface area contributed by atoms with E-state index in [2.05, 4.69) is 16.0 Å². The zero-order valence-electron chi connectivity index (χ0n) is 6.71. The third-order valence-electron chi connectivity index (χ3n) is 1.91. The molecule has 0 radical (unpaired) electrons. The highest BCUT2D eigenvalue weighted by molar-refractivity contribution is 6.17. The molecule has 0 spiro atoms. The number of hydrogen-bond donors (Lipinski definition) is 1. The number of nitrogens with zero attached hydrogens (tertiary/aromatic N) is 2. The first-order valence-corrected chi connectivity index (χ1v) is 4.30. The molecule has 0 aliphatic heterocycles. The van der Waals surface area contributed by atoms with Gasteiger partial charge in [-0.2, -0.15) is 5.26 Å². The van der Waals surface area contributed by atoms with Crippen molar-refractivity contribution in [3.63, 3.8) is 0 Å². The van der Waals surface area contributed by atoms with Crippen LogP contribution < -0.4 is 0 Å². The smallest absolute Gasteiger partial charge is 0.0995 e. The van der Waals surface area contributed by atoms with E-state index in [1.54, 1.807) is 12.4 Å². The maximum absolute atomic E-state index is 8.80. The first kappa shape index (κ1) is 8.09. The first-order valence-electron chi connectivity index (χ1n) is 3.77. The molecular weight excluding hydrogens is 186 g/mol. The molecule has 1 aromatic carbocycles. The fourth-order valence-electron chi connectivity index (χ4n) is 1.24. The summed E-state index contributed by atoms with van der Waals surface area (Å²) in [6.45, 7) is 0. The Kier molecular flexibility index (Phi) is 1.91. The van der Waals surface area contributed by atoms with E-state index in [0.717, 1.165) is 16.6 Å². The third kappa shape index (κ3) is 1.25. The second kappa shape index (κ2) is 3.08. The van der Waals surface area contributed by atoms with E-state index in [1.165, 1.54) is 0 Å². The summed E-state index contributed by atoms with van der Waals surface area (Å²) in [5.41, 5.74) is 3.13. The van der Waals surface area contributed by atoms with Crippen LogP contribution in [-0.2, 0) is 5.88 Å². The minimum absolute atomic E-state index is 0.345. The Hall–Kier alpha value is -1.53. The van der Waals surface area contributed by atoms with E-state index >= 15 is 0 Å². The SMILES string of the molecule is N#Cc1cc2nc[nH]c2cc1CCl. The third-order valence-corrected chi connectivity index (χ3v) is 2.20. The Morgan fingerprint density at radius 1 is 1.54 bits per heavy atom. The Bertz CT molecular complexity index is 481. The molecule has 0 aliphatic rings. The van der Waals surface area contributed by atoms with Gasteiger partial charge in [-0.15, -0.1) is 11.6 Å². The zero-order valence-corrected chi connectivity index (χ0v) is 7.47. The van der Waals surface area contributed by atoms with Crippen LogP contribution in [0.4, 0.5) is 0 Å². The van der Waals surface area contributed by atoms with Crippen molar-refractivity contribution in [2.75, 3.05) is 0 Å². The number of nitriles is 1. The molecule has 0 saturated carbocycles. The van der Waals surface area contributed by atoms with Crippen molar-refractivity contribution < 1.29 is 0 Å². The van der Waals surface area contributed by atoms with Crippen molar-refractivity contribution in [2.24, 2.45) is 0 Å². The number of aromatic nitrogens is 2. The minimum Gasteiger partial charge on any atom is -0.345 e. The first-order chi connectivity index (χ1) is 6.35. The van der Waals surface area contributed by atoms with Crippen molar-refractivity contribution in [3.05, 3.63) is 29.6 Å². The van der Waals surface area contributed by atoms with Gasteiger partial charge in [0.05, 0.1) is 29.0 Å². The summed E-state index contributed by atoms with van der Waals surface area (Å²) in [6.07, 6.45) is 1.60. The lowest BCUT2D eigenvalue weighted by atomic mass is 10.1. The number of alkyl halides is 1. The molecule has 1 N–H and O–H groups in total. The van der Waals surface area contributed by atoms with E-state index in [4.69, 9.17) is 16.9 Å². The summed E-state index contributed by atoms with van der Waals surface area (Å²) in [5.74, 6) is 0.345. The van der Waals surface area contributed by atoms with Gasteiger partial charge in [0.25, 0.3) is 0 Å². The molecule has 0 unspecified atom stereocenters. The van der Waals surface area contributed by atoms with E-state index in [1.807, 2.05) is 6.07 Å². The van der Waals surface area contributed by atoms with E-state index in [9.17, 15) is 0 Å². The average molecular weight is 192 g/mol. The molecule has 3 nitrogen and oxygen atoms in total. The fourth-order valence-corrected chi connectivity index (χ4v) is 1.46. The number of halogens is 1. The van der Waals surface area contributed by atoms with Crippen molar-refractivity contribution in [3.8, 4) is 6.07 Å². The number of H-pyrrole nitrogens is 1. The molecule has 1 heterocycles. The van der Waals surface area contributed by atoms with Crippen LogP contribution in [0.1, 0.15) is 11.1 Å². The fraction of sp³-hybridized carbons (Fsp3) is 0.111. The number of aromatic amines is 1. The minimum atomic E-state index is 0.345. The largest absolute Gasteiger partial charge is 0.345 e. The average Bonchev–Trinajstić information content (AvgIpc) is 2.62. The topological polar surface area (TPSA) is 52.5 Å². The van der Waals surface area contributed by atoms with Gasteiger partial charge in [-0.05, 0) is 17.7 Å². The van der Waals surface area contributed by atoms with Gasteiger partial charge in [-0.3, -0.25) is 0 Å². The number of rotatable bonds is 1.